The Morgan fingerprint density at radius 1 is 1.00 bits per heavy atom. The van der Waals surface area contributed by atoms with Crippen LogP contribution in [0.4, 0.5) is 0 Å². The topological polar surface area (TPSA) is 0 Å². The molecule has 0 aromatic carbocycles. The van der Waals surface area contributed by atoms with Crippen LogP contribution in [0.2, 0.25) is 0 Å². The Hall–Kier alpha value is -0.260. The third-order valence-electron chi connectivity index (χ3n) is 3.05. The Labute approximate surface area is 63.3 Å². The molecule has 0 aromatic heterocycles. The van der Waals surface area contributed by atoms with E-state index in [1.165, 1.54) is 38.5 Å². The molecule has 0 spiro atoms. The standard InChI is InChI=1S/C10H16/c1-2-5-9-7-4-8-10(9)6-3-1/h2,5,9-10H,1,3-4,6-8H2. The van der Waals surface area contributed by atoms with Gasteiger partial charge in [-0.2, -0.15) is 0 Å². The van der Waals surface area contributed by atoms with Gasteiger partial charge in [0.25, 0.3) is 0 Å². The number of rotatable bonds is 0. The van der Waals surface area contributed by atoms with Gasteiger partial charge in [-0.1, -0.05) is 18.6 Å². The largest absolute Gasteiger partial charge is 0.0882 e. The predicted molar refractivity (Wildman–Crippen MR) is 43.8 cm³/mol. The third-order valence-corrected chi connectivity index (χ3v) is 3.05. The van der Waals surface area contributed by atoms with Gasteiger partial charge < -0.3 is 0 Å². The molecule has 56 valence electrons. The van der Waals surface area contributed by atoms with Crippen molar-refractivity contribution < 1.29 is 0 Å². The maximum atomic E-state index is 2.48. The summed E-state index contributed by atoms with van der Waals surface area (Å²) in [5.41, 5.74) is 0. The van der Waals surface area contributed by atoms with E-state index in [4.69, 9.17) is 0 Å². The molecule has 0 radical (unpaired) electrons. The molecule has 2 atom stereocenters. The second-order valence-corrected chi connectivity index (χ2v) is 3.71. The van der Waals surface area contributed by atoms with Gasteiger partial charge in [0.05, 0.1) is 0 Å². The first kappa shape index (κ1) is 6.45. The molecule has 0 bridgehead atoms. The van der Waals surface area contributed by atoms with Crippen LogP contribution in [-0.2, 0) is 0 Å². The van der Waals surface area contributed by atoms with E-state index in [9.17, 15) is 0 Å². The van der Waals surface area contributed by atoms with Gasteiger partial charge in [-0.3, -0.25) is 0 Å². The molecule has 2 rings (SSSR count). The molecule has 2 aliphatic rings. The second kappa shape index (κ2) is 2.77. The molecule has 0 saturated heterocycles. The van der Waals surface area contributed by atoms with E-state index < -0.39 is 0 Å². The zero-order valence-corrected chi connectivity index (χ0v) is 6.55. The van der Waals surface area contributed by atoms with Crippen molar-refractivity contribution in [2.45, 2.75) is 38.5 Å². The highest BCUT2D eigenvalue weighted by Gasteiger charge is 2.25. The summed E-state index contributed by atoms with van der Waals surface area (Å²) >= 11 is 0. The van der Waals surface area contributed by atoms with Crippen LogP contribution >= 0.6 is 0 Å². The summed E-state index contributed by atoms with van der Waals surface area (Å²) < 4.78 is 0. The quantitative estimate of drug-likeness (QED) is 0.449. The van der Waals surface area contributed by atoms with Crippen molar-refractivity contribution >= 4 is 0 Å². The average Bonchev–Trinajstić information content (AvgIpc) is 2.28. The summed E-state index contributed by atoms with van der Waals surface area (Å²) in [7, 11) is 0. The van der Waals surface area contributed by atoms with Gasteiger partial charge in [-0.15, -0.1) is 0 Å². The first-order valence-electron chi connectivity index (χ1n) is 4.63. The highest BCUT2D eigenvalue weighted by molar-refractivity contribution is 4.97. The predicted octanol–water partition coefficient (Wildman–Crippen LogP) is 3.14. The van der Waals surface area contributed by atoms with E-state index >= 15 is 0 Å². The molecule has 0 heterocycles. The lowest BCUT2D eigenvalue weighted by molar-refractivity contribution is 0.426. The van der Waals surface area contributed by atoms with Crippen molar-refractivity contribution in [1.82, 2.24) is 0 Å². The first-order valence-corrected chi connectivity index (χ1v) is 4.63. The fourth-order valence-corrected chi connectivity index (χ4v) is 2.45. The van der Waals surface area contributed by atoms with E-state index in [1.807, 2.05) is 0 Å². The van der Waals surface area contributed by atoms with Crippen LogP contribution in [0.5, 0.6) is 0 Å². The van der Waals surface area contributed by atoms with E-state index in [2.05, 4.69) is 12.2 Å². The second-order valence-electron chi connectivity index (χ2n) is 3.71. The van der Waals surface area contributed by atoms with Crippen molar-refractivity contribution in [3.8, 4) is 0 Å². The number of allylic oxidation sites excluding steroid dienone is 2. The minimum Gasteiger partial charge on any atom is -0.0882 e. The summed E-state index contributed by atoms with van der Waals surface area (Å²) in [6.45, 7) is 0. The third kappa shape index (κ3) is 1.12. The Morgan fingerprint density at radius 2 is 1.90 bits per heavy atom. The Bertz CT molecular complexity index is 135. The van der Waals surface area contributed by atoms with Crippen LogP contribution in [-0.4, -0.2) is 0 Å². The molecule has 0 N–H and O–H groups in total. The highest BCUT2D eigenvalue weighted by atomic mass is 14.3. The zero-order chi connectivity index (χ0) is 6.81. The van der Waals surface area contributed by atoms with E-state index in [-0.39, 0.29) is 0 Å². The van der Waals surface area contributed by atoms with Gasteiger partial charge in [0.15, 0.2) is 0 Å². The Kier molecular flexibility index (Phi) is 1.79. The van der Waals surface area contributed by atoms with Crippen LogP contribution in [0.1, 0.15) is 38.5 Å². The number of fused-ring (bicyclic) bond motifs is 1. The minimum absolute atomic E-state index is 0.975. The maximum Gasteiger partial charge on any atom is -0.0205 e. The molecule has 0 heteroatoms. The van der Waals surface area contributed by atoms with E-state index in [0.29, 0.717) is 0 Å². The molecular formula is C10H16. The summed E-state index contributed by atoms with van der Waals surface area (Å²) in [5.74, 6) is 2.04. The van der Waals surface area contributed by atoms with Crippen LogP contribution in [0.3, 0.4) is 0 Å². The molecule has 10 heavy (non-hydrogen) atoms. The molecule has 0 aliphatic heterocycles. The van der Waals surface area contributed by atoms with Crippen molar-refractivity contribution in [3.63, 3.8) is 0 Å². The van der Waals surface area contributed by atoms with Crippen molar-refractivity contribution in [1.29, 1.82) is 0 Å². The van der Waals surface area contributed by atoms with Crippen LogP contribution in [0.25, 0.3) is 0 Å². The minimum atomic E-state index is 0.975. The zero-order valence-electron chi connectivity index (χ0n) is 6.55. The molecule has 0 nitrogen and oxygen atoms in total. The van der Waals surface area contributed by atoms with E-state index in [0.717, 1.165) is 11.8 Å². The van der Waals surface area contributed by atoms with Crippen molar-refractivity contribution in [2.75, 3.05) is 0 Å². The average molecular weight is 136 g/mol. The number of hydrogen-bond acceptors (Lipinski definition) is 0. The Balaban J connectivity index is 2.06. The summed E-state index contributed by atoms with van der Waals surface area (Å²) in [6.07, 6.45) is 13.6. The van der Waals surface area contributed by atoms with Gasteiger partial charge in [0.1, 0.15) is 0 Å². The summed E-state index contributed by atoms with van der Waals surface area (Å²) in [5, 5.41) is 0. The normalized spacial score (nSPS) is 39.2. The van der Waals surface area contributed by atoms with Gasteiger partial charge in [0.2, 0.25) is 0 Å². The maximum absolute atomic E-state index is 2.48. The van der Waals surface area contributed by atoms with Gasteiger partial charge >= 0.3 is 0 Å². The lowest BCUT2D eigenvalue weighted by atomic mass is 9.93. The smallest absolute Gasteiger partial charge is 0.0205 e. The monoisotopic (exact) mass is 136 g/mol. The fourth-order valence-electron chi connectivity index (χ4n) is 2.45. The molecule has 0 amide bonds. The van der Waals surface area contributed by atoms with Gasteiger partial charge in [-0.25, -0.2) is 0 Å². The molecule has 2 aliphatic carbocycles. The van der Waals surface area contributed by atoms with E-state index in [1.54, 1.807) is 0 Å². The summed E-state index contributed by atoms with van der Waals surface area (Å²) in [4.78, 5) is 0. The highest BCUT2D eigenvalue weighted by Crippen LogP contribution is 2.37. The van der Waals surface area contributed by atoms with Gasteiger partial charge in [-0.05, 0) is 43.9 Å². The first-order chi connectivity index (χ1) is 4.97. The van der Waals surface area contributed by atoms with Crippen LogP contribution < -0.4 is 0 Å². The van der Waals surface area contributed by atoms with Gasteiger partial charge in [0, 0.05) is 0 Å². The van der Waals surface area contributed by atoms with Crippen LogP contribution in [0.15, 0.2) is 12.2 Å². The molecule has 1 saturated carbocycles. The van der Waals surface area contributed by atoms with Crippen molar-refractivity contribution in [3.05, 3.63) is 12.2 Å². The lowest BCUT2D eigenvalue weighted by Gasteiger charge is -2.12. The van der Waals surface area contributed by atoms with Crippen molar-refractivity contribution in [2.24, 2.45) is 11.8 Å². The molecular weight excluding hydrogens is 120 g/mol. The van der Waals surface area contributed by atoms with Crippen LogP contribution in [0, 0.1) is 11.8 Å². The SMILES string of the molecule is C1=CC2CCCC2CCC1. The lowest BCUT2D eigenvalue weighted by Crippen LogP contribution is -2.02. The molecule has 0 aromatic rings. The fraction of sp³-hybridized carbons (Fsp3) is 0.800. The molecule has 1 fully saturated rings. The molecule has 2 unspecified atom stereocenters. The number of hydrogen-bond donors (Lipinski definition) is 0. The Morgan fingerprint density at radius 3 is 2.90 bits per heavy atom. The summed E-state index contributed by atoms with van der Waals surface area (Å²) in [6, 6.07) is 0.